The Morgan fingerprint density at radius 2 is 1.81 bits per heavy atom. The molecule has 0 bridgehead atoms. The highest BCUT2D eigenvalue weighted by Gasteiger charge is 2.37. The Kier molecular flexibility index (Phi) is 14.8. The minimum Gasteiger partial charge on any atom is -0.480 e. The van der Waals surface area contributed by atoms with Crippen molar-refractivity contribution in [2.24, 2.45) is 27.9 Å². The fourth-order valence-electron chi connectivity index (χ4n) is 3.95. The molecule has 1 saturated heterocycles. The molecular weight excluding hydrogens is 488 g/mol. The molecule has 36 heavy (non-hydrogen) atoms. The Hall–Kier alpha value is -2.58. The molecule has 1 aliphatic rings. The van der Waals surface area contributed by atoms with Gasteiger partial charge in [-0.05, 0) is 69.9 Å². The Morgan fingerprint density at radius 1 is 1.08 bits per heavy atom. The highest BCUT2D eigenvalue weighted by Crippen LogP contribution is 2.20. The van der Waals surface area contributed by atoms with E-state index in [1.54, 1.807) is 0 Å². The third kappa shape index (κ3) is 11.0. The lowest BCUT2D eigenvalue weighted by Gasteiger charge is -2.28. The van der Waals surface area contributed by atoms with Gasteiger partial charge in [0.25, 0.3) is 0 Å². The standard InChI is InChI=1S/C22H42N8O5S/c1-36-13-9-16(21(34)35)29-18(31)15(7-2-3-10-23)28-19(32)17-8-5-12-30(17)20(33)14(24)6-4-11-27-22(25)26/h14-17H,2-13,23-24H2,1H3,(H,28,32)(H,29,31)(H,34,35)(H4,25,26,27). The smallest absolute Gasteiger partial charge is 0.326 e. The number of rotatable bonds is 17. The molecular formula is C22H42N8O5S. The van der Waals surface area contributed by atoms with E-state index in [-0.39, 0.29) is 18.3 Å². The summed E-state index contributed by atoms with van der Waals surface area (Å²) in [6.45, 7) is 1.17. The zero-order valence-electron chi connectivity index (χ0n) is 21.0. The van der Waals surface area contributed by atoms with E-state index in [0.29, 0.717) is 70.3 Å². The number of nitrogens with two attached hydrogens (primary N) is 4. The Bertz CT molecular complexity index is 765. The summed E-state index contributed by atoms with van der Waals surface area (Å²) in [5.41, 5.74) is 22.2. The van der Waals surface area contributed by atoms with E-state index in [0.717, 1.165) is 0 Å². The van der Waals surface area contributed by atoms with Crippen LogP contribution in [0.2, 0.25) is 0 Å². The van der Waals surface area contributed by atoms with E-state index in [9.17, 15) is 24.3 Å². The zero-order valence-corrected chi connectivity index (χ0v) is 21.8. The summed E-state index contributed by atoms with van der Waals surface area (Å²) in [6.07, 6.45) is 5.58. The molecule has 0 aromatic carbocycles. The lowest BCUT2D eigenvalue weighted by molar-refractivity contribution is -0.143. The third-order valence-electron chi connectivity index (χ3n) is 5.93. The van der Waals surface area contributed by atoms with Crippen LogP contribution in [-0.2, 0) is 19.2 Å². The van der Waals surface area contributed by atoms with Gasteiger partial charge in [-0.3, -0.25) is 19.4 Å². The molecule has 1 heterocycles. The fraction of sp³-hybridized carbons (Fsp3) is 0.773. The van der Waals surface area contributed by atoms with E-state index in [4.69, 9.17) is 22.9 Å². The van der Waals surface area contributed by atoms with Gasteiger partial charge in [-0.15, -0.1) is 0 Å². The average Bonchev–Trinajstić information content (AvgIpc) is 3.32. The number of carboxylic acids is 1. The van der Waals surface area contributed by atoms with Gasteiger partial charge in [-0.2, -0.15) is 11.8 Å². The summed E-state index contributed by atoms with van der Waals surface area (Å²) in [4.78, 5) is 55.9. The summed E-state index contributed by atoms with van der Waals surface area (Å²) >= 11 is 1.48. The number of carboxylic acid groups (broad SMARTS) is 1. The lowest BCUT2D eigenvalue weighted by atomic mass is 10.1. The highest BCUT2D eigenvalue weighted by molar-refractivity contribution is 7.98. The van der Waals surface area contributed by atoms with Gasteiger partial charge in [-0.1, -0.05) is 0 Å². The quantitative estimate of drug-likeness (QED) is 0.0639. The largest absolute Gasteiger partial charge is 0.480 e. The number of nitrogens with zero attached hydrogens (tertiary/aromatic N) is 2. The van der Waals surface area contributed by atoms with Crippen LogP contribution < -0.4 is 33.6 Å². The molecule has 1 aliphatic heterocycles. The number of hydrogen-bond donors (Lipinski definition) is 7. The second kappa shape index (κ2) is 17.0. The van der Waals surface area contributed by atoms with Gasteiger partial charge in [0.2, 0.25) is 17.7 Å². The van der Waals surface area contributed by atoms with Crippen LogP contribution in [-0.4, -0.2) is 95.5 Å². The first-order chi connectivity index (χ1) is 17.1. The minimum atomic E-state index is -1.13. The van der Waals surface area contributed by atoms with E-state index in [1.165, 1.54) is 16.7 Å². The molecule has 0 aromatic heterocycles. The Morgan fingerprint density at radius 3 is 2.42 bits per heavy atom. The SMILES string of the molecule is CSCCC(NC(=O)C(CCCCN)NC(=O)C1CCCN1C(=O)C(N)CCCN=C(N)N)C(=O)O. The number of aliphatic imine (C=N–C) groups is 1. The first-order valence-corrected chi connectivity index (χ1v) is 13.7. The number of amides is 3. The maximum Gasteiger partial charge on any atom is 0.326 e. The molecule has 1 fully saturated rings. The molecule has 3 amide bonds. The molecule has 14 heteroatoms. The average molecular weight is 531 g/mol. The fourth-order valence-corrected chi connectivity index (χ4v) is 4.43. The van der Waals surface area contributed by atoms with Crippen LogP contribution in [0.15, 0.2) is 4.99 Å². The van der Waals surface area contributed by atoms with Crippen LogP contribution in [0, 0.1) is 0 Å². The van der Waals surface area contributed by atoms with E-state index >= 15 is 0 Å². The summed E-state index contributed by atoms with van der Waals surface area (Å²) < 4.78 is 0. The predicted molar refractivity (Wildman–Crippen MR) is 140 cm³/mol. The van der Waals surface area contributed by atoms with Crippen molar-refractivity contribution >= 4 is 41.4 Å². The van der Waals surface area contributed by atoms with Crippen LogP contribution in [0.25, 0.3) is 0 Å². The predicted octanol–water partition coefficient (Wildman–Crippen LogP) is -1.71. The number of hydrogen-bond acceptors (Lipinski definition) is 8. The number of aliphatic carboxylic acids is 1. The van der Waals surface area contributed by atoms with E-state index < -0.39 is 42.0 Å². The normalized spacial score (nSPS) is 17.6. The van der Waals surface area contributed by atoms with Gasteiger partial charge in [-0.25, -0.2) is 4.79 Å². The number of carbonyl (C=O) groups excluding carboxylic acids is 3. The molecule has 206 valence electrons. The van der Waals surface area contributed by atoms with Crippen molar-refractivity contribution in [1.29, 1.82) is 0 Å². The number of thioether (sulfide) groups is 1. The molecule has 0 aliphatic carbocycles. The summed E-state index contributed by atoms with van der Waals surface area (Å²) in [5, 5.41) is 14.7. The number of carbonyl (C=O) groups is 4. The van der Waals surface area contributed by atoms with Gasteiger partial charge in [0, 0.05) is 13.1 Å². The number of nitrogens with one attached hydrogen (secondary N) is 2. The first kappa shape index (κ1) is 31.4. The van der Waals surface area contributed by atoms with Crippen molar-refractivity contribution in [2.45, 2.75) is 75.5 Å². The van der Waals surface area contributed by atoms with Crippen LogP contribution in [0.5, 0.6) is 0 Å². The monoisotopic (exact) mass is 530 g/mol. The highest BCUT2D eigenvalue weighted by atomic mass is 32.2. The molecule has 11 N–H and O–H groups in total. The van der Waals surface area contributed by atoms with Crippen molar-refractivity contribution in [3.63, 3.8) is 0 Å². The molecule has 1 rings (SSSR count). The number of guanidine groups is 1. The molecule has 0 radical (unpaired) electrons. The summed E-state index contributed by atoms with van der Waals surface area (Å²) in [7, 11) is 0. The van der Waals surface area contributed by atoms with Gasteiger partial charge >= 0.3 is 5.97 Å². The molecule has 0 aromatic rings. The van der Waals surface area contributed by atoms with Gasteiger partial charge in [0.05, 0.1) is 6.04 Å². The second-order valence-corrected chi connectivity index (χ2v) is 9.76. The molecule has 4 unspecified atom stereocenters. The van der Waals surface area contributed by atoms with Crippen molar-refractivity contribution < 1.29 is 24.3 Å². The molecule has 4 atom stereocenters. The van der Waals surface area contributed by atoms with Crippen molar-refractivity contribution in [1.82, 2.24) is 15.5 Å². The minimum absolute atomic E-state index is 0.0323. The van der Waals surface area contributed by atoms with E-state index in [1.807, 2.05) is 6.26 Å². The van der Waals surface area contributed by atoms with Crippen molar-refractivity contribution in [3.8, 4) is 0 Å². The van der Waals surface area contributed by atoms with Gasteiger partial charge in [0.1, 0.15) is 18.1 Å². The first-order valence-electron chi connectivity index (χ1n) is 12.3. The summed E-state index contributed by atoms with van der Waals surface area (Å²) in [6, 6.07) is -3.55. The maximum absolute atomic E-state index is 13.1. The van der Waals surface area contributed by atoms with E-state index in [2.05, 4.69) is 15.6 Å². The Labute approximate surface area is 216 Å². The van der Waals surface area contributed by atoms with Crippen LogP contribution >= 0.6 is 11.8 Å². The van der Waals surface area contributed by atoms with Crippen LogP contribution in [0.4, 0.5) is 0 Å². The number of unbranched alkanes of at least 4 members (excludes halogenated alkanes) is 1. The molecule has 13 nitrogen and oxygen atoms in total. The van der Waals surface area contributed by atoms with Crippen LogP contribution in [0.1, 0.15) is 51.4 Å². The second-order valence-electron chi connectivity index (χ2n) is 8.77. The Balaban J connectivity index is 2.83. The lowest BCUT2D eigenvalue weighted by Crippen LogP contribution is -2.56. The summed E-state index contributed by atoms with van der Waals surface area (Å²) in [5.74, 6) is -1.98. The zero-order chi connectivity index (χ0) is 27.1. The third-order valence-corrected chi connectivity index (χ3v) is 6.57. The maximum atomic E-state index is 13.1. The molecule has 0 saturated carbocycles. The van der Waals surface area contributed by atoms with Crippen LogP contribution in [0.3, 0.4) is 0 Å². The van der Waals surface area contributed by atoms with Gasteiger partial charge < -0.3 is 43.6 Å². The van der Waals surface area contributed by atoms with Gasteiger partial charge in [0.15, 0.2) is 5.96 Å². The molecule has 0 spiro atoms. The van der Waals surface area contributed by atoms with Crippen molar-refractivity contribution in [2.75, 3.05) is 31.6 Å². The topological polar surface area (TPSA) is 232 Å². The van der Waals surface area contributed by atoms with Crippen molar-refractivity contribution in [3.05, 3.63) is 0 Å². The number of likely N-dealkylation sites (tertiary alicyclic amines) is 1.